The molecule has 0 fully saturated rings. The quantitative estimate of drug-likeness (QED) is 0.816. The van der Waals surface area contributed by atoms with Gasteiger partial charge in [0.15, 0.2) is 0 Å². The van der Waals surface area contributed by atoms with Crippen LogP contribution < -0.4 is 5.73 Å². The van der Waals surface area contributed by atoms with Crippen LogP contribution in [0.2, 0.25) is 0 Å². The van der Waals surface area contributed by atoms with Gasteiger partial charge in [-0.25, -0.2) is 0 Å². The lowest BCUT2D eigenvalue weighted by atomic mass is 9.77. The molecular weight excluding hydrogens is 238 g/mol. The summed E-state index contributed by atoms with van der Waals surface area (Å²) in [6, 6.07) is 6.48. The third-order valence-corrected chi connectivity index (χ3v) is 3.94. The number of hydrogen-bond acceptors (Lipinski definition) is 1. The van der Waals surface area contributed by atoms with Crippen LogP contribution in [0.4, 0.5) is 0 Å². The van der Waals surface area contributed by atoms with Crippen molar-refractivity contribution in [2.45, 2.75) is 31.6 Å². The molecular formula is C12H16BrN. The topological polar surface area (TPSA) is 26.0 Å². The van der Waals surface area contributed by atoms with E-state index in [1.807, 2.05) is 0 Å². The lowest BCUT2D eigenvalue weighted by molar-refractivity contribution is 0.506. The molecule has 0 saturated heterocycles. The zero-order chi connectivity index (χ0) is 10.1. The average molecular weight is 254 g/mol. The van der Waals surface area contributed by atoms with Gasteiger partial charge in [0.25, 0.3) is 0 Å². The van der Waals surface area contributed by atoms with Gasteiger partial charge in [-0.05, 0) is 48.4 Å². The van der Waals surface area contributed by atoms with Gasteiger partial charge in [-0.3, -0.25) is 0 Å². The highest BCUT2D eigenvalue weighted by atomic mass is 79.9. The van der Waals surface area contributed by atoms with Crippen LogP contribution in [0.1, 0.15) is 42.7 Å². The van der Waals surface area contributed by atoms with Crippen LogP contribution in [0.15, 0.2) is 22.7 Å². The van der Waals surface area contributed by atoms with Gasteiger partial charge in [0, 0.05) is 4.47 Å². The molecule has 0 heterocycles. The maximum absolute atomic E-state index is 5.80. The summed E-state index contributed by atoms with van der Waals surface area (Å²) in [5, 5.41) is 0. The smallest absolute Gasteiger partial charge is 0.0212 e. The molecule has 0 amide bonds. The first kappa shape index (κ1) is 10.2. The van der Waals surface area contributed by atoms with Gasteiger partial charge in [-0.1, -0.05) is 35.0 Å². The molecule has 76 valence electrons. The summed E-state index contributed by atoms with van der Waals surface area (Å²) >= 11 is 3.64. The number of fused-ring (bicyclic) bond motifs is 1. The van der Waals surface area contributed by atoms with Crippen molar-refractivity contribution >= 4 is 15.9 Å². The van der Waals surface area contributed by atoms with Crippen LogP contribution in [-0.4, -0.2) is 6.54 Å². The van der Waals surface area contributed by atoms with Gasteiger partial charge in [0.1, 0.15) is 0 Å². The molecule has 1 nitrogen and oxygen atoms in total. The molecule has 0 aliphatic heterocycles. The third-order valence-electron chi connectivity index (χ3n) is 3.25. The Hall–Kier alpha value is -0.340. The van der Waals surface area contributed by atoms with Gasteiger partial charge >= 0.3 is 0 Å². The Morgan fingerprint density at radius 2 is 2.21 bits per heavy atom. The molecule has 1 aromatic carbocycles. The second-order valence-corrected chi connectivity index (χ2v) is 5.01. The van der Waals surface area contributed by atoms with Crippen molar-refractivity contribution in [1.29, 1.82) is 0 Å². The van der Waals surface area contributed by atoms with Crippen molar-refractivity contribution in [3.05, 3.63) is 33.8 Å². The predicted molar refractivity (Wildman–Crippen MR) is 63.6 cm³/mol. The first-order valence-electron chi connectivity index (χ1n) is 5.22. The van der Waals surface area contributed by atoms with E-state index in [9.17, 15) is 0 Å². The summed E-state index contributed by atoms with van der Waals surface area (Å²) in [5.41, 5.74) is 8.74. The molecule has 2 rings (SSSR count). The second-order valence-electron chi connectivity index (χ2n) is 4.15. The minimum Gasteiger partial charge on any atom is -0.330 e. The normalized spacial score (nSPS) is 25.9. The molecule has 1 aliphatic carbocycles. The monoisotopic (exact) mass is 253 g/mol. The van der Waals surface area contributed by atoms with E-state index in [2.05, 4.69) is 41.1 Å². The average Bonchev–Trinajstić information content (AvgIpc) is 2.18. The standard InChI is InChI=1S/C12H16BrN/c1-8-5-6-9(7-14)10-3-2-4-11(13)12(8)10/h2-4,8-9H,5-7,14H2,1H3. The Labute approximate surface area is 93.8 Å². The summed E-state index contributed by atoms with van der Waals surface area (Å²) in [6.07, 6.45) is 2.50. The van der Waals surface area contributed by atoms with E-state index >= 15 is 0 Å². The van der Waals surface area contributed by atoms with Crippen LogP contribution >= 0.6 is 15.9 Å². The Morgan fingerprint density at radius 1 is 1.43 bits per heavy atom. The number of nitrogens with two attached hydrogens (primary N) is 1. The first-order valence-corrected chi connectivity index (χ1v) is 6.01. The van der Waals surface area contributed by atoms with Crippen LogP contribution in [0.5, 0.6) is 0 Å². The zero-order valence-electron chi connectivity index (χ0n) is 8.46. The van der Waals surface area contributed by atoms with Crippen molar-refractivity contribution in [1.82, 2.24) is 0 Å². The van der Waals surface area contributed by atoms with E-state index in [0.29, 0.717) is 11.8 Å². The molecule has 0 radical (unpaired) electrons. The van der Waals surface area contributed by atoms with E-state index in [1.54, 1.807) is 0 Å². The van der Waals surface area contributed by atoms with E-state index in [0.717, 1.165) is 6.54 Å². The summed E-state index contributed by atoms with van der Waals surface area (Å²) in [4.78, 5) is 0. The number of benzene rings is 1. The molecule has 0 aromatic heterocycles. The second kappa shape index (κ2) is 4.03. The summed E-state index contributed by atoms with van der Waals surface area (Å²) < 4.78 is 1.25. The molecule has 1 aliphatic rings. The highest BCUT2D eigenvalue weighted by Crippen LogP contribution is 2.41. The van der Waals surface area contributed by atoms with Crippen LogP contribution in [0.25, 0.3) is 0 Å². The summed E-state index contributed by atoms with van der Waals surface area (Å²) in [7, 11) is 0. The molecule has 1 aromatic rings. The maximum Gasteiger partial charge on any atom is 0.0212 e. The summed E-state index contributed by atoms with van der Waals surface area (Å²) in [5.74, 6) is 1.24. The number of hydrogen-bond donors (Lipinski definition) is 1. The number of halogens is 1. The Bertz CT molecular complexity index is 335. The van der Waals surface area contributed by atoms with Crippen molar-refractivity contribution in [3.63, 3.8) is 0 Å². The van der Waals surface area contributed by atoms with Crippen LogP contribution in [0.3, 0.4) is 0 Å². The SMILES string of the molecule is CC1CCC(CN)c2cccc(Br)c21. The van der Waals surface area contributed by atoms with Crippen molar-refractivity contribution in [3.8, 4) is 0 Å². The molecule has 0 bridgehead atoms. The lowest BCUT2D eigenvalue weighted by Gasteiger charge is -2.29. The Balaban J connectivity index is 2.50. The fraction of sp³-hybridized carbons (Fsp3) is 0.500. The molecule has 2 atom stereocenters. The van der Waals surface area contributed by atoms with Gasteiger partial charge < -0.3 is 5.73 Å². The Morgan fingerprint density at radius 3 is 2.93 bits per heavy atom. The highest BCUT2D eigenvalue weighted by Gasteiger charge is 2.25. The molecule has 0 saturated carbocycles. The molecule has 2 unspecified atom stereocenters. The summed E-state index contributed by atoms with van der Waals surface area (Å²) in [6.45, 7) is 3.08. The van der Waals surface area contributed by atoms with E-state index in [-0.39, 0.29) is 0 Å². The highest BCUT2D eigenvalue weighted by molar-refractivity contribution is 9.10. The van der Waals surface area contributed by atoms with Gasteiger partial charge in [-0.2, -0.15) is 0 Å². The maximum atomic E-state index is 5.80. The van der Waals surface area contributed by atoms with E-state index in [1.165, 1.54) is 28.4 Å². The van der Waals surface area contributed by atoms with Gasteiger partial charge in [0.05, 0.1) is 0 Å². The van der Waals surface area contributed by atoms with E-state index < -0.39 is 0 Å². The van der Waals surface area contributed by atoms with E-state index in [4.69, 9.17) is 5.73 Å². The Kier molecular flexibility index (Phi) is 2.93. The third kappa shape index (κ3) is 1.61. The molecule has 0 spiro atoms. The fourth-order valence-electron chi connectivity index (χ4n) is 2.43. The largest absolute Gasteiger partial charge is 0.330 e. The minimum atomic E-state index is 0.568. The van der Waals surface area contributed by atoms with Crippen LogP contribution in [-0.2, 0) is 0 Å². The molecule has 14 heavy (non-hydrogen) atoms. The lowest BCUT2D eigenvalue weighted by Crippen LogP contribution is -2.20. The zero-order valence-corrected chi connectivity index (χ0v) is 10.0. The number of rotatable bonds is 1. The van der Waals surface area contributed by atoms with Gasteiger partial charge in [0.2, 0.25) is 0 Å². The molecule has 2 N–H and O–H groups in total. The minimum absolute atomic E-state index is 0.568. The van der Waals surface area contributed by atoms with Crippen LogP contribution in [0, 0.1) is 0 Å². The van der Waals surface area contributed by atoms with Crippen molar-refractivity contribution in [2.24, 2.45) is 5.73 Å². The predicted octanol–water partition coefficient (Wildman–Crippen LogP) is 3.39. The van der Waals surface area contributed by atoms with Gasteiger partial charge in [-0.15, -0.1) is 0 Å². The first-order chi connectivity index (χ1) is 6.74. The van der Waals surface area contributed by atoms with Crippen molar-refractivity contribution in [2.75, 3.05) is 6.54 Å². The van der Waals surface area contributed by atoms with Crippen molar-refractivity contribution < 1.29 is 0 Å². The fourth-order valence-corrected chi connectivity index (χ4v) is 3.20. The molecule has 2 heteroatoms.